The molecule has 0 aromatic heterocycles. The Hall–Kier alpha value is -2.48. The molecule has 1 aromatic carbocycles. The lowest BCUT2D eigenvalue weighted by atomic mass is 10.2. The zero-order valence-electron chi connectivity index (χ0n) is 22.1. The average Bonchev–Trinajstić information content (AvgIpc) is 2.90. The smallest absolute Gasteiger partial charge is 0.325 e. The summed E-state index contributed by atoms with van der Waals surface area (Å²) in [7, 11) is 4.72. The van der Waals surface area contributed by atoms with E-state index in [1.165, 1.54) is 7.11 Å². The first kappa shape index (κ1) is 32.5. The third kappa shape index (κ3) is 16.8. The fraction of sp³-hybridized carbons (Fsp3) is 0.680. The van der Waals surface area contributed by atoms with Gasteiger partial charge in [-0.15, -0.1) is 0 Å². The maximum atomic E-state index is 12.5. The molecule has 0 aliphatic rings. The molecule has 0 bridgehead atoms. The van der Waals surface area contributed by atoms with Crippen LogP contribution in [0, 0.1) is 0 Å². The molecular formula is C25H41NO11. The molecule has 0 aliphatic heterocycles. The van der Waals surface area contributed by atoms with Gasteiger partial charge in [-0.25, -0.2) is 0 Å². The van der Waals surface area contributed by atoms with Gasteiger partial charge in [-0.3, -0.25) is 9.59 Å². The van der Waals surface area contributed by atoms with E-state index in [-0.39, 0.29) is 39.5 Å². The van der Waals surface area contributed by atoms with Crippen molar-refractivity contribution in [3.05, 3.63) is 24.3 Å². The lowest BCUT2D eigenvalue weighted by molar-refractivity contribution is -0.144. The van der Waals surface area contributed by atoms with Crippen LogP contribution in [0.3, 0.4) is 0 Å². The van der Waals surface area contributed by atoms with E-state index in [0.29, 0.717) is 64.3 Å². The monoisotopic (exact) mass is 531 g/mol. The number of benzene rings is 1. The van der Waals surface area contributed by atoms with Crippen molar-refractivity contribution in [1.29, 1.82) is 0 Å². The Morgan fingerprint density at radius 1 is 0.595 bits per heavy atom. The van der Waals surface area contributed by atoms with E-state index in [2.05, 4.69) is 0 Å². The van der Waals surface area contributed by atoms with Crippen molar-refractivity contribution in [2.45, 2.75) is 0 Å². The predicted molar refractivity (Wildman–Crippen MR) is 134 cm³/mol. The summed E-state index contributed by atoms with van der Waals surface area (Å²) in [5.74, 6) is -0.525. The predicted octanol–water partition coefficient (Wildman–Crippen LogP) is 0.947. The van der Waals surface area contributed by atoms with E-state index < -0.39 is 11.9 Å². The molecular weight excluding hydrogens is 490 g/mol. The zero-order valence-corrected chi connectivity index (χ0v) is 22.1. The van der Waals surface area contributed by atoms with E-state index in [4.69, 9.17) is 42.6 Å². The second-order valence-electron chi connectivity index (χ2n) is 7.40. The Balaban J connectivity index is 2.41. The minimum Gasteiger partial charge on any atom is -0.495 e. The molecule has 0 N–H and O–H groups in total. The Bertz CT molecular complexity index is 684. The van der Waals surface area contributed by atoms with Gasteiger partial charge in [0.15, 0.2) is 0 Å². The molecule has 0 aliphatic carbocycles. The average molecular weight is 532 g/mol. The maximum Gasteiger partial charge on any atom is 0.325 e. The highest BCUT2D eigenvalue weighted by Crippen LogP contribution is 2.27. The molecule has 12 heteroatoms. The molecule has 1 rings (SSSR count). The number of para-hydroxylation sites is 2. The minimum atomic E-state index is -0.518. The van der Waals surface area contributed by atoms with Crippen molar-refractivity contribution in [2.75, 3.05) is 119 Å². The Morgan fingerprint density at radius 2 is 1.00 bits per heavy atom. The van der Waals surface area contributed by atoms with Crippen molar-refractivity contribution in [3.63, 3.8) is 0 Å². The quantitative estimate of drug-likeness (QED) is 0.139. The molecule has 0 unspecified atom stereocenters. The number of anilines is 1. The van der Waals surface area contributed by atoms with Gasteiger partial charge in [0, 0.05) is 14.2 Å². The normalized spacial score (nSPS) is 10.8. The summed E-state index contributed by atoms with van der Waals surface area (Å²) in [4.78, 5) is 26.4. The molecule has 212 valence electrons. The van der Waals surface area contributed by atoms with Crippen LogP contribution in [0.5, 0.6) is 5.75 Å². The third-order valence-electron chi connectivity index (χ3n) is 4.65. The van der Waals surface area contributed by atoms with E-state index >= 15 is 0 Å². The fourth-order valence-corrected chi connectivity index (χ4v) is 2.88. The van der Waals surface area contributed by atoms with E-state index in [9.17, 15) is 9.59 Å². The van der Waals surface area contributed by atoms with Crippen LogP contribution in [0.15, 0.2) is 24.3 Å². The summed E-state index contributed by atoms with van der Waals surface area (Å²) in [5, 5.41) is 0. The van der Waals surface area contributed by atoms with Crippen molar-refractivity contribution < 1.29 is 52.2 Å². The molecule has 0 saturated heterocycles. The number of carbonyl (C=O) groups is 2. The molecule has 0 saturated carbocycles. The molecule has 0 fully saturated rings. The summed E-state index contributed by atoms with van der Waals surface area (Å²) in [6.07, 6.45) is 0. The second-order valence-corrected chi connectivity index (χ2v) is 7.40. The van der Waals surface area contributed by atoms with Crippen LogP contribution in [-0.4, -0.2) is 126 Å². The fourth-order valence-electron chi connectivity index (χ4n) is 2.88. The molecule has 12 nitrogen and oxygen atoms in total. The Morgan fingerprint density at radius 3 is 1.43 bits per heavy atom. The summed E-state index contributed by atoms with van der Waals surface area (Å²) in [6, 6.07) is 7.07. The number of rotatable bonds is 24. The number of hydrogen-bond donors (Lipinski definition) is 0. The topological polar surface area (TPSA) is 120 Å². The Labute approximate surface area is 218 Å². The van der Waals surface area contributed by atoms with Crippen LogP contribution in [0.4, 0.5) is 5.69 Å². The highest BCUT2D eigenvalue weighted by Gasteiger charge is 2.20. The highest BCUT2D eigenvalue weighted by atomic mass is 16.6. The number of nitrogens with zero attached hydrogens (tertiary/aromatic N) is 1. The van der Waals surface area contributed by atoms with Crippen LogP contribution < -0.4 is 9.64 Å². The SMILES string of the molecule is COCCOCCOCCOC(=O)CN(CC(=O)OCCOCCOCCOC)c1ccccc1OC. The number of hydrogen-bond acceptors (Lipinski definition) is 12. The zero-order chi connectivity index (χ0) is 27.0. The van der Waals surface area contributed by atoms with Crippen molar-refractivity contribution in [2.24, 2.45) is 0 Å². The van der Waals surface area contributed by atoms with Gasteiger partial charge in [0.2, 0.25) is 0 Å². The lowest BCUT2D eigenvalue weighted by Gasteiger charge is -2.24. The largest absolute Gasteiger partial charge is 0.495 e. The van der Waals surface area contributed by atoms with Gasteiger partial charge < -0.3 is 47.5 Å². The van der Waals surface area contributed by atoms with Gasteiger partial charge in [0.1, 0.15) is 32.1 Å². The summed E-state index contributed by atoms with van der Waals surface area (Å²) in [5.41, 5.74) is 0.563. The van der Waals surface area contributed by atoms with E-state index in [1.807, 2.05) is 0 Å². The van der Waals surface area contributed by atoms with Gasteiger partial charge in [0.05, 0.1) is 78.9 Å². The van der Waals surface area contributed by atoms with Crippen molar-refractivity contribution in [3.8, 4) is 5.75 Å². The van der Waals surface area contributed by atoms with Crippen LogP contribution in [0.2, 0.25) is 0 Å². The molecule has 1 aromatic rings. The second kappa shape index (κ2) is 22.7. The maximum absolute atomic E-state index is 12.5. The number of esters is 2. The standard InChI is InChI=1S/C25H41NO11/c1-29-8-10-32-12-14-34-16-18-36-24(27)20-26(22-6-4-5-7-23(22)31-3)21-25(28)37-19-17-35-15-13-33-11-9-30-2/h4-7H,8-21H2,1-3H3. The summed E-state index contributed by atoms with van der Waals surface area (Å²) < 4.78 is 47.0. The molecule has 0 spiro atoms. The van der Waals surface area contributed by atoms with Gasteiger partial charge in [-0.05, 0) is 12.1 Å². The first-order valence-corrected chi connectivity index (χ1v) is 12.1. The van der Waals surface area contributed by atoms with Crippen molar-refractivity contribution in [1.82, 2.24) is 0 Å². The number of carbonyl (C=O) groups excluding carboxylic acids is 2. The highest BCUT2D eigenvalue weighted by molar-refractivity contribution is 5.82. The van der Waals surface area contributed by atoms with Gasteiger partial charge in [0.25, 0.3) is 0 Å². The first-order valence-electron chi connectivity index (χ1n) is 12.1. The molecule has 0 atom stereocenters. The molecule has 0 heterocycles. The van der Waals surface area contributed by atoms with Gasteiger partial charge in [-0.2, -0.15) is 0 Å². The summed E-state index contributed by atoms with van der Waals surface area (Å²) in [6.45, 7) is 3.90. The first-order chi connectivity index (χ1) is 18.1. The van der Waals surface area contributed by atoms with Crippen LogP contribution in [0.25, 0.3) is 0 Å². The molecule has 37 heavy (non-hydrogen) atoms. The van der Waals surface area contributed by atoms with Gasteiger partial charge in [-0.1, -0.05) is 12.1 Å². The number of methoxy groups -OCH3 is 3. The summed E-state index contributed by atoms with van der Waals surface area (Å²) >= 11 is 0. The van der Waals surface area contributed by atoms with Crippen molar-refractivity contribution >= 4 is 17.6 Å². The van der Waals surface area contributed by atoms with E-state index in [1.54, 1.807) is 43.4 Å². The van der Waals surface area contributed by atoms with Gasteiger partial charge >= 0.3 is 11.9 Å². The van der Waals surface area contributed by atoms with Crippen LogP contribution >= 0.6 is 0 Å². The van der Waals surface area contributed by atoms with E-state index in [0.717, 1.165) is 0 Å². The lowest BCUT2D eigenvalue weighted by Crippen LogP contribution is -2.37. The molecule has 0 radical (unpaired) electrons. The van der Waals surface area contributed by atoms with Crippen LogP contribution in [0.1, 0.15) is 0 Å². The van der Waals surface area contributed by atoms with Crippen LogP contribution in [-0.2, 0) is 47.5 Å². The molecule has 0 amide bonds. The number of ether oxygens (including phenoxy) is 9. The minimum absolute atomic E-state index is 0.0770. The third-order valence-corrected chi connectivity index (χ3v) is 4.65. The Kier molecular flexibility index (Phi) is 20.0.